The van der Waals surface area contributed by atoms with Crippen LogP contribution < -0.4 is 16.0 Å². The summed E-state index contributed by atoms with van der Waals surface area (Å²) in [6.45, 7) is 0.675. The second-order valence-corrected chi connectivity index (χ2v) is 10.0. The Bertz CT molecular complexity index is 1760. The molecule has 4 aromatic rings. The molecule has 0 fully saturated rings. The van der Waals surface area contributed by atoms with Crippen molar-refractivity contribution in [3.8, 4) is 5.88 Å². The maximum absolute atomic E-state index is 13.8. The first-order valence-electron chi connectivity index (χ1n) is 10.2. The summed E-state index contributed by atoms with van der Waals surface area (Å²) in [6, 6.07) is 7.17. The Morgan fingerprint density at radius 3 is 2.47 bits per heavy atom. The van der Waals surface area contributed by atoms with Gasteiger partial charge in [0.25, 0.3) is 5.56 Å². The number of benzene rings is 2. The molecule has 2 aromatic carbocycles. The number of imidazole rings is 1. The minimum absolute atomic E-state index is 0.00160. The molecule has 0 radical (unpaired) electrons. The summed E-state index contributed by atoms with van der Waals surface area (Å²) >= 11 is 6.10. The number of rotatable bonds is 6. The fourth-order valence-corrected chi connectivity index (χ4v) is 4.67. The van der Waals surface area contributed by atoms with Crippen LogP contribution in [0.3, 0.4) is 0 Å². The number of halogens is 3. The normalized spacial score (nSPS) is 11.7. The third-order valence-corrected chi connectivity index (χ3v) is 6.53. The third kappa shape index (κ3) is 4.66. The van der Waals surface area contributed by atoms with Gasteiger partial charge in [0.1, 0.15) is 24.6 Å². The van der Waals surface area contributed by atoms with E-state index in [0.29, 0.717) is 15.6 Å². The number of hydrogen-bond acceptors (Lipinski definition) is 7. The average Bonchev–Trinajstić information content (AvgIpc) is 3.09. The highest BCUT2D eigenvalue weighted by molar-refractivity contribution is 7.89. The lowest BCUT2D eigenvalue weighted by atomic mass is 10.2. The van der Waals surface area contributed by atoms with E-state index in [-0.39, 0.29) is 40.7 Å². The molecule has 2 heterocycles. The monoisotopic (exact) mass is 538 g/mol. The fraction of sp³-hybridized carbons (Fsp3) is 0.182. The van der Waals surface area contributed by atoms with Gasteiger partial charge in [-0.3, -0.25) is 14.2 Å². The number of aromatic nitrogens is 4. The van der Waals surface area contributed by atoms with Crippen molar-refractivity contribution in [3.05, 3.63) is 91.3 Å². The average molecular weight is 539 g/mol. The number of nitrogens with zero attached hydrogens (tertiary/aromatic N) is 4. The molecule has 0 atom stereocenters. The molecule has 0 saturated heterocycles. The first-order chi connectivity index (χ1) is 16.9. The quantitative estimate of drug-likeness (QED) is 0.369. The van der Waals surface area contributed by atoms with Gasteiger partial charge in [0, 0.05) is 18.6 Å². The van der Waals surface area contributed by atoms with Crippen LogP contribution in [0.25, 0.3) is 11.0 Å². The molecule has 188 valence electrons. The Hall–Kier alpha value is -3.84. The molecular weight excluding hydrogens is 522 g/mol. The number of hydrogen-bond donors (Lipinski definition) is 0. The van der Waals surface area contributed by atoms with Crippen LogP contribution in [-0.2, 0) is 23.2 Å². The molecule has 2 aromatic heterocycles. The van der Waals surface area contributed by atoms with Crippen LogP contribution in [-0.4, -0.2) is 38.7 Å². The van der Waals surface area contributed by atoms with Crippen LogP contribution >= 0.6 is 11.6 Å². The second-order valence-electron chi connectivity index (χ2n) is 7.81. The summed E-state index contributed by atoms with van der Waals surface area (Å²) in [5, 5.41) is -0.384. The van der Waals surface area contributed by atoms with Gasteiger partial charge in [-0.25, -0.2) is 31.5 Å². The molecule has 36 heavy (non-hydrogen) atoms. The van der Waals surface area contributed by atoms with E-state index < -0.39 is 38.8 Å². The minimum Gasteiger partial charge on any atom is -0.471 e. The molecule has 0 amide bonds. The first-order valence-corrected chi connectivity index (χ1v) is 12.4. The Balaban J connectivity index is 1.66. The molecule has 0 aliphatic carbocycles. The van der Waals surface area contributed by atoms with Crippen LogP contribution in [0.2, 0.25) is 5.02 Å². The smallest absolute Gasteiger partial charge is 0.349 e. The largest absolute Gasteiger partial charge is 0.471 e. The Kier molecular flexibility index (Phi) is 6.54. The predicted octanol–water partition coefficient (Wildman–Crippen LogP) is 2.39. The number of fused-ring (bicyclic) bond motifs is 1. The SMILES string of the molecule is CC(=O)n1c(=O)n(S(C)(=O)=O)c2ccc(Cn3cnc(OCc4ccc(F)cc4F)c(Cl)c3=O)cc21. The summed E-state index contributed by atoms with van der Waals surface area (Å²) < 4.78 is 58.7. The standard InChI is InChI=1S/C22H17ClF2N4O6S/c1-12(30)28-18-7-13(3-6-17(18)29(22(28)32)36(2,33)34)9-27-11-26-20(19(23)21(27)31)35-10-14-4-5-15(24)8-16(14)25/h3-8,11H,9-10H2,1-2H3. The minimum atomic E-state index is -4.00. The van der Waals surface area contributed by atoms with E-state index in [0.717, 1.165) is 34.7 Å². The van der Waals surface area contributed by atoms with Crippen LogP contribution in [0.1, 0.15) is 22.8 Å². The van der Waals surface area contributed by atoms with E-state index in [2.05, 4.69) is 4.98 Å². The van der Waals surface area contributed by atoms with E-state index in [9.17, 15) is 31.6 Å². The molecule has 0 saturated carbocycles. The van der Waals surface area contributed by atoms with Crippen molar-refractivity contribution in [2.75, 3.05) is 6.26 Å². The lowest BCUT2D eigenvalue weighted by Gasteiger charge is -2.11. The van der Waals surface area contributed by atoms with E-state index in [4.69, 9.17) is 16.3 Å². The fourth-order valence-electron chi connectivity index (χ4n) is 3.58. The molecule has 0 aliphatic heterocycles. The lowest BCUT2D eigenvalue weighted by Crippen LogP contribution is -2.31. The highest BCUT2D eigenvalue weighted by atomic mass is 35.5. The lowest BCUT2D eigenvalue weighted by molar-refractivity contribution is 0.0937. The van der Waals surface area contributed by atoms with Gasteiger partial charge >= 0.3 is 5.69 Å². The molecule has 10 nitrogen and oxygen atoms in total. The zero-order valence-electron chi connectivity index (χ0n) is 18.7. The molecule has 0 N–H and O–H groups in total. The zero-order valence-corrected chi connectivity index (χ0v) is 20.3. The molecule has 0 unspecified atom stereocenters. The van der Waals surface area contributed by atoms with Crippen LogP contribution in [0.4, 0.5) is 8.78 Å². The highest BCUT2D eigenvalue weighted by Crippen LogP contribution is 2.21. The van der Waals surface area contributed by atoms with Crippen molar-refractivity contribution < 1.29 is 26.7 Å². The Morgan fingerprint density at radius 1 is 1.11 bits per heavy atom. The van der Waals surface area contributed by atoms with Crippen molar-refractivity contribution in [3.63, 3.8) is 0 Å². The summed E-state index contributed by atoms with van der Waals surface area (Å²) in [7, 11) is -4.00. The summed E-state index contributed by atoms with van der Waals surface area (Å²) in [5.74, 6) is -2.52. The molecule has 0 aliphatic rings. The van der Waals surface area contributed by atoms with Gasteiger partial charge in [0.15, 0.2) is 5.02 Å². The number of ether oxygens (including phenoxy) is 1. The van der Waals surface area contributed by atoms with Crippen molar-refractivity contribution in [1.29, 1.82) is 0 Å². The molecule has 0 spiro atoms. The van der Waals surface area contributed by atoms with E-state index in [1.165, 1.54) is 24.3 Å². The van der Waals surface area contributed by atoms with Crippen LogP contribution in [0, 0.1) is 11.6 Å². The van der Waals surface area contributed by atoms with Crippen LogP contribution in [0.5, 0.6) is 5.88 Å². The van der Waals surface area contributed by atoms with Crippen molar-refractivity contribution in [2.45, 2.75) is 20.1 Å². The van der Waals surface area contributed by atoms with Gasteiger partial charge in [-0.15, -0.1) is 0 Å². The van der Waals surface area contributed by atoms with Crippen molar-refractivity contribution >= 4 is 38.6 Å². The van der Waals surface area contributed by atoms with E-state index in [1.54, 1.807) is 0 Å². The molecular formula is C22H17ClF2N4O6S. The second kappa shape index (κ2) is 9.32. The molecule has 14 heteroatoms. The van der Waals surface area contributed by atoms with E-state index >= 15 is 0 Å². The predicted molar refractivity (Wildman–Crippen MR) is 126 cm³/mol. The Labute approximate surface area is 207 Å². The number of carbonyl (C=O) groups excluding carboxylic acids is 1. The number of carbonyl (C=O) groups is 1. The zero-order chi connectivity index (χ0) is 26.4. The van der Waals surface area contributed by atoms with Crippen molar-refractivity contribution in [2.24, 2.45) is 0 Å². The maximum Gasteiger partial charge on any atom is 0.349 e. The topological polar surface area (TPSA) is 122 Å². The molecule has 0 bridgehead atoms. The van der Waals surface area contributed by atoms with Crippen LogP contribution in [0.15, 0.2) is 52.3 Å². The summed E-state index contributed by atoms with van der Waals surface area (Å²) in [4.78, 5) is 41.3. The highest BCUT2D eigenvalue weighted by Gasteiger charge is 2.22. The van der Waals surface area contributed by atoms with Gasteiger partial charge in [-0.2, -0.15) is 3.97 Å². The first kappa shape index (κ1) is 25.3. The summed E-state index contributed by atoms with van der Waals surface area (Å²) in [5.41, 5.74) is -1.21. The van der Waals surface area contributed by atoms with Gasteiger partial charge < -0.3 is 4.74 Å². The van der Waals surface area contributed by atoms with Gasteiger partial charge in [0.05, 0.1) is 23.8 Å². The maximum atomic E-state index is 13.8. The van der Waals surface area contributed by atoms with Gasteiger partial charge in [0.2, 0.25) is 21.8 Å². The van der Waals surface area contributed by atoms with Gasteiger partial charge in [-0.05, 0) is 29.8 Å². The van der Waals surface area contributed by atoms with E-state index in [1.807, 2.05) is 0 Å². The van der Waals surface area contributed by atoms with Crippen molar-refractivity contribution in [1.82, 2.24) is 18.1 Å². The summed E-state index contributed by atoms with van der Waals surface area (Å²) in [6.07, 6.45) is 1.97. The van der Waals surface area contributed by atoms with Gasteiger partial charge in [-0.1, -0.05) is 17.7 Å². The molecule has 4 rings (SSSR count). The Morgan fingerprint density at radius 2 is 1.83 bits per heavy atom. The third-order valence-electron chi connectivity index (χ3n) is 5.19.